The van der Waals surface area contributed by atoms with E-state index in [0.717, 1.165) is 24.3 Å². The van der Waals surface area contributed by atoms with Crippen LogP contribution in [0.2, 0.25) is 0 Å². The van der Waals surface area contributed by atoms with E-state index in [9.17, 15) is 9.59 Å². The van der Waals surface area contributed by atoms with Crippen molar-refractivity contribution in [2.75, 3.05) is 30.0 Å². The van der Waals surface area contributed by atoms with Crippen molar-refractivity contribution in [3.8, 4) is 0 Å². The largest absolute Gasteiger partial charge is 0.462 e. The minimum atomic E-state index is -0.519. The average molecular weight is 377 g/mol. The van der Waals surface area contributed by atoms with Gasteiger partial charge in [0, 0.05) is 12.1 Å². The number of hydrogen-bond donors (Lipinski definition) is 2. The lowest BCUT2D eigenvalue weighted by Gasteiger charge is -2.30. The minimum Gasteiger partial charge on any atom is -0.462 e. The molecule has 1 heterocycles. The standard InChI is InChI=1S/C20H31N3O4/c1-7-26-17(24)14-8-9-16-15(12-14)21-13-23(16)11-10-20(5,6)22-18(25)27-19(2,3)4/h8-9,12,21H,7,10-11,13H2,1-6H3,(H,22,25). The lowest BCUT2D eigenvalue weighted by Crippen LogP contribution is -2.47. The topological polar surface area (TPSA) is 79.9 Å². The fourth-order valence-corrected chi connectivity index (χ4v) is 2.82. The molecule has 1 aliphatic heterocycles. The van der Waals surface area contributed by atoms with E-state index in [4.69, 9.17) is 9.47 Å². The van der Waals surface area contributed by atoms with E-state index in [1.165, 1.54) is 0 Å². The highest BCUT2D eigenvalue weighted by Gasteiger charge is 2.27. The molecule has 0 fully saturated rings. The summed E-state index contributed by atoms with van der Waals surface area (Å²) in [4.78, 5) is 26.1. The lowest BCUT2D eigenvalue weighted by atomic mass is 10.0. The second-order valence-electron chi connectivity index (χ2n) is 8.31. The van der Waals surface area contributed by atoms with Crippen molar-refractivity contribution in [1.29, 1.82) is 0 Å². The number of esters is 1. The van der Waals surface area contributed by atoms with E-state index in [-0.39, 0.29) is 5.97 Å². The molecule has 0 aliphatic carbocycles. The molecule has 1 aromatic carbocycles. The zero-order valence-corrected chi connectivity index (χ0v) is 17.1. The molecule has 0 atom stereocenters. The smallest absolute Gasteiger partial charge is 0.408 e. The van der Waals surface area contributed by atoms with E-state index in [0.29, 0.717) is 18.8 Å². The maximum absolute atomic E-state index is 12.0. The monoisotopic (exact) mass is 377 g/mol. The van der Waals surface area contributed by atoms with Crippen molar-refractivity contribution in [1.82, 2.24) is 5.32 Å². The molecule has 7 nitrogen and oxygen atoms in total. The Kier molecular flexibility index (Phi) is 6.23. The van der Waals surface area contributed by atoms with Crippen LogP contribution in [-0.4, -0.2) is 43.0 Å². The van der Waals surface area contributed by atoms with E-state index >= 15 is 0 Å². The van der Waals surface area contributed by atoms with Crippen LogP contribution in [0.5, 0.6) is 0 Å². The van der Waals surface area contributed by atoms with Crippen LogP contribution < -0.4 is 15.5 Å². The Morgan fingerprint density at radius 1 is 1.22 bits per heavy atom. The molecule has 1 amide bonds. The van der Waals surface area contributed by atoms with Gasteiger partial charge in [-0.2, -0.15) is 0 Å². The average Bonchev–Trinajstić information content (AvgIpc) is 2.93. The number of rotatable bonds is 6. The number of ether oxygens (including phenoxy) is 2. The summed E-state index contributed by atoms with van der Waals surface area (Å²) < 4.78 is 10.4. The quantitative estimate of drug-likeness (QED) is 0.735. The number of alkyl carbamates (subject to hydrolysis) is 1. The van der Waals surface area contributed by atoms with Crippen molar-refractivity contribution in [3.05, 3.63) is 23.8 Å². The second-order valence-corrected chi connectivity index (χ2v) is 8.31. The van der Waals surface area contributed by atoms with Crippen molar-refractivity contribution >= 4 is 23.4 Å². The number of nitrogens with one attached hydrogen (secondary N) is 2. The molecule has 1 aromatic rings. The molecule has 7 heteroatoms. The van der Waals surface area contributed by atoms with Gasteiger partial charge in [-0.3, -0.25) is 0 Å². The van der Waals surface area contributed by atoms with Crippen molar-refractivity contribution in [3.63, 3.8) is 0 Å². The lowest BCUT2D eigenvalue weighted by molar-refractivity contribution is 0.0467. The zero-order valence-electron chi connectivity index (χ0n) is 17.1. The van der Waals surface area contributed by atoms with Crippen LogP contribution in [-0.2, 0) is 9.47 Å². The Morgan fingerprint density at radius 3 is 2.56 bits per heavy atom. The molecular formula is C20H31N3O4. The number of benzene rings is 1. The van der Waals surface area contributed by atoms with Gasteiger partial charge < -0.3 is 25.0 Å². The van der Waals surface area contributed by atoms with Crippen LogP contribution >= 0.6 is 0 Å². The Hall–Kier alpha value is -2.44. The third-order valence-electron chi connectivity index (χ3n) is 4.15. The predicted octanol–water partition coefficient (Wildman–Crippen LogP) is 3.75. The van der Waals surface area contributed by atoms with Crippen LogP contribution in [0.15, 0.2) is 18.2 Å². The molecule has 0 saturated carbocycles. The first-order valence-electron chi connectivity index (χ1n) is 9.32. The Morgan fingerprint density at radius 2 is 1.93 bits per heavy atom. The van der Waals surface area contributed by atoms with Crippen molar-refractivity contribution in [2.45, 2.75) is 59.1 Å². The number of fused-ring (bicyclic) bond motifs is 1. The Balaban J connectivity index is 1.95. The van der Waals surface area contributed by atoms with Gasteiger partial charge in [-0.05, 0) is 66.2 Å². The summed E-state index contributed by atoms with van der Waals surface area (Å²) in [6.07, 6.45) is 0.332. The fraction of sp³-hybridized carbons (Fsp3) is 0.600. The highest BCUT2D eigenvalue weighted by Crippen LogP contribution is 2.32. The molecule has 0 bridgehead atoms. The maximum atomic E-state index is 12.0. The number of carbonyl (C=O) groups excluding carboxylic acids is 2. The molecule has 150 valence electrons. The summed E-state index contributed by atoms with van der Waals surface area (Å²) >= 11 is 0. The second kappa shape index (κ2) is 8.06. The van der Waals surface area contributed by atoms with Gasteiger partial charge in [0.2, 0.25) is 0 Å². The zero-order chi connectivity index (χ0) is 20.2. The maximum Gasteiger partial charge on any atom is 0.408 e. The molecule has 1 aliphatic rings. The fourth-order valence-electron chi connectivity index (χ4n) is 2.82. The number of nitrogens with zero attached hydrogens (tertiary/aromatic N) is 1. The van der Waals surface area contributed by atoms with Gasteiger partial charge in [0.05, 0.1) is 30.2 Å². The third kappa shape index (κ3) is 6.05. The van der Waals surface area contributed by atoms with Crippen LogP contribution in [0.25, 0.3) is 0 Å². The summed E-state index contributed by atoms with van der Waals surface area (Å²) in [6.45, 7) is 13.0. The van der Waals surface area contributed by atoms with Gasteiger partial charge >= 0.3 is 12.1 Å². The van der Waals surface area contributed by atoms with Crippen LogP contribution in [0.3, 0.4) is 0 Å². The van der Waals surface area contributed by atoms with Gasteiger partial charge in [0.1, 0.15) is 5.60 Å². The van der Waals surface area contributed by atoms with E-state index in [1.54, 1.807) is 13.0 Å². The van der Waals surface area contributed by atoms with Gasteiger partial charge in [-0.1, -0.05) is 0 Å². The highest BCUT2D eigenvalue weighted by molar-refractivity contribution is 5.93. The molecule has 27 heavy (non-hydrogen) atoms. The van der Waals surface area contributed by atoms with E-state index in [1.807, 2.05) is 46.8 Å². The van der Waals surface area contributed by atoms with Crippen LogP contribution in [0.1, 0.15) is 58.3 Å². The molecular weight excluding hydrogens is 346 g/mol. The number of hydrogen-bond acceptors (Lipinski definition) is 6. The van der Waals surface area contributed by atoms with Gasteiger partial charge in [0.15, 0.2) is 0 Å². The summed E-state index contributed by atoms with van der Waals surface area (Å²) in [5.74, 6) is -0.316. The number of carbonyl (C=O) groups is 2. The molecule has 0 unspecified atom stereocenters. The van der Waals surface area contributed by atoms with Crippen LogP contribution in [0, 0.1) is 0 Å². The first-order valence-corrected chi connectivity index (χ1v) is 9.32. The number of anilines is 2. The number of amides is 1. The van der Waals surface area contributed by atoms with E-state index in [2.05, 4.69) is 15.5 Å². The van der Waals surface area contributed by atoms with Gasteiger partial charge in [-0.25, -0.2) is 9.59 Å². The minimum absolute atomic E-state index is 0.316. The SMILES string of the molecule is CCOC(=O)c1ccc2c(c1)NCN2CCC(C)(C)NC(=O)OC(C)(C)C. The molecule has 0 spiro atoms. The molecule has 0 radical (unpaired) electrons. The summed E-state index contributed by atoms with van der Waals surface area (Å²) in [7, 11) is 0. The summed E-state index contributed by atoms with van der Waals surface area (Å²) in [5, 5.41) is 6.23. The highest BCUT2D eigenvalue weighted by atomic mass is 16.6. The predicted molar refractivity (Wildman–Crippen MR) is 106 cm³/mol. The first-order chi connectivity index (χ1) is 12.5. The molecule has 0 saturated heterocycles. The molecule has 2 N–H and O–H groups in total. The molecule has 0 aromatic heterocycles. The Bertz CT molecular complexity index is 695. The van der Waals surface area contributed by atoms with Crippen molar-refractivity contribution in [2.24, 2.45) is 0 Å². The van der Waals surface area contributed by atoms with Crippen LogP contribution in [0.4, 0.5) is 16.2 Å². The third-order valence-corrected chi connectivity index (χ3v) is 4.15. The summed E-state index contributed by atoms with van der Waals surface area (Å²) in [6, 6.07) is 5.52. The van der Waals surface area contributed by atoms with Crippen molar-refractivity contribution < 1.29 is 19.1 Å². The first kappa shape index (κ1) is 20.9. The normalized spacial score (nSPS) is 13.6. The summed E-state index contributed by atoms with van der Waals surface area (Å²) in [5.41, 5.74) is 1.57. The van der Waals surface area contributed by atoms with E-state index < -0.39 is 17.2 Å². The Labute approximate surface area is 161 Å². The van der Waals surface area contributed by atoms with Gasteiger partial charge in [0.25, 0.3) is 0 Å². The van der Waals surface area contributed by atoms with Gasteiger partial charge in [-0.15, -0.1) is 0 Å². The molecule has 2 rings (SSSR count).